The summed E-state index contributed by atoms with van der Waals surface area (Å²) in [6.45, 7) is 0.357. The van der Waals surface area contributed by atoms with Crippen molar-refractivity contribution in [2.45, 2.75) is 38.5 Å². The molecule has 1 amide bonds. The highest BCUT2D eigenvalue weighted by molar-refractivity contribution is 5.96. The number of hydrogen-bond donors (Lipinski definition) is 3. The summed E-state index contributed by atoms with van der Waals surface area (Å²) < 4.78 is 0. The number of aliphatic carboxylic acids is 1. The molecule has 1 aromatic rings. The van der Waals surface area contributed by atoms with Gasteiger partial charge in [-0.1, -0.05) is 31.0 Å². The van der Waals surface area contributed by atoms with E-state index >= 15 is 0 Å². The van der Waals surface area contributed by atoms with E-state index in [0.717, 1.165) is 31.2 Å². The van der Waals surface area contributed by atoms with E-state index in [0.29, 0.717) is 18.7 Å². The third kappa shape index (κ3) is 3.61. The first kappa shape index (κ1) is 15.5. The van der Waals surface area contributed by atoms with E-state index in [1.165, 1.54) is 0 Å². The summed E-state index contributed by atoms with van der Waals surface area (Å²) in [5, 5.41) is 11.8. The number of nitrogens with two attached hydrogens (primary N) is 1. The number of rotatable bonds is 6. The zero-order chi connectivity index (χ0) is 15.3. The van der Waals surface area contributed by atoms with Crippen LogP contribution in [-0.4, -0.2) is 23.5 Å². The van der Waals surface area contributed by atoms with Crippen molar-refractivity contribution in [2.75, 3.05) is 11.9 Å². The minimum atomic E-state index is -0.842. The summed E-state index contributed by atoms with van der Waals surface area (Å²) in [4.78, 5) is 23.3. The highest BCUT2D eigenvalue weighted by Crippen LogP contribution is 2.38. The topological polar surface area (TPSA) is 92.4 Å². The molecule has 5 heteroatoms. The van der Waals surface area contributed by atoms with Crippen molar-refractivity contribution < 1.29 is 14.7 Å². The van der Waals surface area contributed by atoms with Gasteiger partial charge in [0.05, 0.1) is 5.41 Å². The van der Waals surface area contributed by atoms with Crippen LogP contribution in [0, 0.1) is 5.41 Å². The van der Waals surface area contributed by atoms with Crippen molar-refractivity contribution in [3.8, 4) is 0 Å². The van der Waals surface area contributed by atoms with Crippen LogP contribution in [0.2, 0.25) is 0 Å². The molecule has 0 bridgehead atoms. The maximum atomic E-state index is 12.6. The van der Waals surface area contributed by atoms with Crippen LogP contribution in [-0.2, 0) is 16.0 Å². The van der Waals surface area contributed by atoms with Crippen LogP contribution in [0.1, 0.15) is 37.7 Å². The van der Waals surface area contributed by atoms with E-state index in [4.69, 9.17) is 10.8 Å². The molecule has 1 fully saturated rings. The van der Waals surface area contributed by atoms with Crippen molar-refractivity contribution in [3.63, 3.8) is 0 Å². The number of benzene rings is 1. The van der Waals surface area contributed by atoms with Crippen molar-refractivity contribution in [1.29, 1.82) is 0 Å². The lowest BCUT2D eigenvalue weighted by molar-refractivity contribution is -0.137. The van der Waals surface area contributed by atoms with Gasteiger partial charge in [-0.05, 0) is 30.9 Å². The molecule has 2 rings (SSSR count). The Morgan fingerprint density at radius 3 is 2.52 bits per heavy atom. The Balaban J connectivity index is 2.11. The van der Waals surface area contributed by atoms with Gasteiger partial charge in [-0.3, -0.25) is 9.59 Å². The molecule has 0 heterocycles. The van der Waals surface area contributed by atoms with E-state index in [9.17, 15) is 9.59 Å². The first-order valence-corrected chi connectivity index (χ1v) is 7.39. The Morgan fingerprint density at radius 1 is 1.24 bits per heavy atom. The lowest BCUT2D eigenvalue weighted by atomic mass is 9.85. The molecule has 0 unspecified atom stereocenters. The van der Waals surface area contributed by atoms with Crippen molar-refractivity contribution in [3.05, 3.63) is 29.8 Å². The number of nitrogens with one attached hydrogen (secondary N) is 1. The van der Waals surface area contributed by atoms with Gasteiger partial charge >= 0.3 is 5.97 Å². The average molecular weight is 290 g/mol. The molecule has 1 aliphatic carbocycles. The number of anilines is 1. The van der Waals surface area contributed by atoms with E-state index < -0.39 is 11.4 Å². The number of amides is 1. The van der Waals surface area contributed by atoms with Gasteiger partial charge in [-0.15, -0.1) is 0 Å². The summed E-state index contributed by atoms with van der Waals surface area (Å²) in [7, 11) is 0. The van der Waals surface area contributed by atoms with Gasteiger partial charge in [-0.25, -0.2) is 0 Å². The third-order valence-electron chi connectivity index (χ3n) is 4.31. The standard InChI is InChI=1S/C16H22N2O3/c17-11-16(9-3-4-10-16)15(21)18-13-6-2-1-5-12(13)7-8-14(19)20/h1-2,5-6H,3-4,7-11,17H2,(H,18,21)(H,19,20). The quantitative estimate of drug-likeness (QED) is 0.748. The fourth-order valence-corrected chi connectivity index (χ4v) is 2.93. The highest BCUT2D eigenvalue weighted by atomic mass is 16.4. The Hall–Kier alpha value is -1.88. The average Bonchev–Trinajstić information content (AvgIpc) is 2.96. The SMILES string of the molecule is NCC1(C(=O)Nc2ccccc2CCC(=O)O)CCCC1. The number of carbonyl (C=O) groups is 2. The number of carboxylic acids is 1. The van der Waals surface area contributed by atoms with E-state index in [1.807, 2.05) is 24.3 Å². The number of aryl methyl sites for hydroxylation is 1. The predicted octanol–water partition coefficient (Wildman–Crippen LogP) is 2.16. The molecule has 5 nitrogen and oxygen atoms in total. The van der Waals surface area contributed by atoms with Crippen LogP contribution >= 0.6 is 0 Å². The van der Waals surface area contributed by atoms with E-state index in [1.54, 1.807) is 0 Å². The molecule has 1 saturated carbocycles. The summed E-state index contributed by atoms with van der Waals surface area (Å²) >= 11 is 0. The summed E-state index contributed by atoms with van der Waals surface area (Å²) in [5.41, 5.74) is 6.91. The second-order valence-electron chi connectivity index (χ2n) is 5.70. The van der Waals surface area contributed by atoms with Gasteiger partial charge in [0.25, 0.3) is 0 Å². The van der Waals surface area contributed by atoms with Gasteiger partial charge < -0.3 is 16.2 Å². The van der Waals surface area contributed by atoms with Crippen LogP contribution in [0.25, 0.3) is 0 Å². The highest BCUT2D eigenvalue weighted by Gasteiger charge is 2.39. The number of hydrogen-bond acceptors (Lipinski definition) is 3. The zero-order valence-corrected chi connectivity index (χ0v) is 12.1. The van der Waals surface area contributed by atoms with Gasteiger partial charge in [0.15, 0.2) is 0 Å². The Bertz CT molecular complexity index is 522. The number of carbonyl (C=O) groups excluding carboxylic acids is 1. The molecule has 0 spiro atoms. The van der Waals surface area contributed by atoms with E-state index in [-0.39, 0.29) is 12.3 Å². The molecular formula is C16H22N2O3. The fourth-order valence-electron chi connectivity index (χ4n) is 2.93. The molecule has 1 aliphatic rings. The maximum Gasteiger partial charge on any atom is 0.303 e. The smallest absolute Gasteiger partial charge is 0.303 e. The molecule has 0 radical (unpaired) electrons. The van der Waals surface area contributed by atoms with Crippen molar-refractivity contribution >= 4 is 17.6 Å². The Morgan fingerprint density at radius 2 is 1.90 bits per heavy atom. The van der Waals surface area contributed by atoms with E-state index in [2.05, 4.69) is 5.32 Å². The molecule has 4 N–H and O–H groups in total. The second-order valence-corrected chi connectivity index (χ2v) is 5.70. The third-order valence-corrected chi connectivity index (χ3v) is 4.31. The minimum Gasteiger partial charge on any atom is -0.481 e. The molecule has 114 valence electrons. The number of carboxylic acid groups (broad SMARTS) is 1. The van der Waals surface area contributed by atoms with Crippen LogP contribution in [0.3, 0.4) is 0 Å². The lowest BCUT2D eigenvalue weighted by Crippen LogP contribution is -2.40. The molecule has 0 atom stereocenters. The van der Waals surface area contributed by atoms with Gasteiger partial charge in [0.2, 0.25) is 5.91 Å². The van der Waals surface area contributed by atoms with Crippen LogP contribution in [0.4, 0.5) is 5.69 Å². The Labute approximate surface area is 124 Å². The molecule has 0 saturated heterocycles. The summed E-state index contributed by atoms with van der Waals surface area (Å²) in [6.07, 6.45) is 4.17. The Kier molecular flexibility index (Phi) is 4.96. The van der Waals surface area contributed by atoms with Crippen LogP contribution < -0.4 is 11.1 Å². The first-order valence-electron chi connectivity index (χ1n) is 7.39. The second kappa shape index (κ2) is 6.72. The zero-order valence-electron chi connectivity index (χ0n) is 12.1. The molecule has 0 aromatic heterocycles. The van der Waals surface area contributed by atoms with Crippen LogP contribution in [0.5, 0.6) is 0 Å². The maximum absolute atomic E-state index is 12.6. The van der Waals surface area contributed by atoms with Gasteiger partial charge in [0.1, 0.15) is 0 Å². The molecule has 1 aromatic carbocycles. The largest absolute Gasteiger partial charge is 0.481 e. The minimum absolute atomic E-state index is 0.0368. The van der Waals surface area contributed by atoms with Gasteiger partial charge in [-0.2, -0.15) is 0 Å². The lowest BCUT2D eigenvalue weighted by Gasteiger charge is -2.26. The predicted molar refractivity (Wildman–Crippen MR) is 81.0 cm³/mol. The number of para-hydroxylation sites is 1. The summed E-state index contributed by atoms with van der Waals surface area (Å²) in [5.74, 6) is -0.879. The van der Waals surface area contributed by atoms with Crippen LogP contribution in [0.15, 0.2) is 24.3 Å². The van der Waals surface area contributed by atoms with Crippen molar-refractivity contribution in [1.82, 2.24) is 0 Å². The fraction of sp³-hybridized carbons (Fsp3) is 0.500. The molecule has 0 aliphatic heterocycles. The summed E-state index contributed by atoms with van der Waals surface area (Å²) in [6, 6.07) is 7.35. The van der Waals surface area contributed by atoms with Gasteiger partial charge in [0, 0.05) is 18.7 Å². The molecule has 21 heavy (non-hydrogen) atoms. The first-order chi connectivity index (χ1) is 10.1. The monoisotopic (exact) mass is 290 g/mol. The van der Waals surface area contributed by atoms with Crippen molar-refractivity contribution in [2.24, 2.45) is 11.1 Å². The molecular weight excluding hydrogens is 268 g/mol. The normalized spacial score (nSPS) is 16.6.